The molecule has 2 aromatic rings. The molecule has 4 heteroatoms. The van der Waals surface area contributed by atoms with Gasteiger partial charge in [0.2, 0.25) is 0 Å². The molecule has 3 rings (SSSR count). The number of carbonyl (C=O) groups excluding carboxylic acids is 1. The average Bonchev–Trinajstić information content (AvgIpc) is 3.20. The lowest BCUT2D eigenvalue weighted by Gasteiger charge is -2.08. The predicted octanol–water partition coefficient (Wildman–Crippen LogP) is 3.83. The van der Waals surface area contributed by atoms with Gasteiger partial charge in [0, 0.05) is 30.6 Å². The van der Waals surface area contributed by atoms with E-state index in [2.05, 4.69) is 22.0 Å². The minimum absolute atomic E-state index is 0.229. The fourth-order valence-corrected chi connectivity index (χ4v) is 3.10. The van der Waals surface area contributed by atoms with E-state index < -0.39 is 0 Å². The summed E-state index contributed by atoms with van der Waals surface area (Å²) in [6, 6.07) is 4.59. The van der Waals surface area contributed by atoms with Gasteiger partial charge in [-0.25, -0.2) is 0 Å². The van der Waals surface area contributed by atoms with Crippen molar-refractivity contribution in [3.63, 3.8) is 0 Å². The van der Waals surface area contributed by atoms with E-state index in [1.54, 1.807) is 0 Å². The summed E-state index contributed by atoms with van der Waals surface area (Å²) in [5.74, 6) is 0.229. The van der Waals surface area contributed by atoms with Gasteiger partial charge in [0.05, 0.1) is 18.3 Å². The number of aromatic nitrogens is 3. The summed E-state index contributed by atoms with van der Waals surface area (Å²) >= 11 is 0. The number of rotatable bonds is 6. The summed E-state index contributed by atoms with van der Waals surface area (Å²) in [5, 5.41) is 4.69. The van der Waals surface area contributed by atoms with E-state index in [0.29, 0.717) is 12.5 Å². The first-order chi connectivity index (χ1) is 10.3. The van der Waals surface area contributed by atoms with Crippen LogP contribution in [0.3, 0.4) is 0 Å². The molecule has 0 N–H and O–H groups in total. The second-order valence-corrected chi connectivity index (χ2v) is 5.97. The zero-order valence-corrected chi connectivity index (χ0v) is 12.7. The van der Waals surface area contributed by atoms with Crippen molar-refractivity contribution in [2.75, 3.05) is 0 Å². The number of carbonyl (C=O) groups is 1. The van der Waals surface area contributed by atoms with E-state index in [9.17, 15) is 4.79 Å². The van der Waals surface area contributed by atoms with Crippen LogP contribution in [0.2, 0.25) is 0 Å². The molecule has 1 aliphatic rings. The number of Topliss-reactive ketones (excluding diaryl/α,β-unsaturated/α-hetero) is 1. The fourth-order valence-electron chi connectivity index (χ4n) is 3.10. The standard InChI is InChI=1S/C17H23N3O/c1-2-5-17(21)14-8-10-19(12-14)13-15-9-11-20(18-15)16-6-3-4-7-16/h8-12,16H,2-7,13H2,1H3. The van der Waals surface area contributed by atoms with Crippen molar-refractivity contribution in [2.45, 2.75) is 58.0 Å². The van der Waals surface area contributed by atoms with Gasteiger partial charge >= 0.3 is 0 Å². The molecule has 0 bridgehead atoms. The second kappa shape index (κ2) is 6.29. The lowest BCUT2D eigenvalue weighted by atomic mass is 10.1. The van der Waals surface area contributed by atoms with Crippen molar-refractivity contribution in [3.05, 3.63) is 42.0 Å². The summed E-state index contributed by atoms with van der Waals surface area (Å²) in [5.41, 5.74) is 1.87. The van der Waals surface area contributed by atoms with Gasteiger partial charge in [-0.1, -0.05) is 19.8 Å². The molecular formula is C17H23N3O. The van der Waals surface area contributed by atoms with Crippen LogP contribution in [0.4, 0.5) is 0 Å². The summed E-state index contributed by atoms with van der Waals surface area (Å²) < 4.78 is 4.17. The number of hydrogen-bond donors (Lipinski definition) is 0. The molecule has 0 radical (unpaired) electrons. The molecule has 2 aromatic heterocycles. The first kappa shape index (κ1) is 14.1. The molecule has 1 saturated carbocycles. The average molecular weight is 285 g/mol. The summed E-state index contributed by atoms with van der Waals surface area (Å²) in [6.07, 6.45) is 12.7. The lowest BCUT2D eigenvalue weighted by Crippen LogP contribution is -2.06. The lowest BCUT2D eigenvalue weighted by molar-refractivity contribution is 0.0981. The molecule has 1 aliphatic carbocycles. The Balaban J connectivity index is 1.65. The fraction of sp³-hybridized carbons (Fsp3) is 0.529. The first-order valence-electron chi connectivity index (χ1n) is 7.99. The third-order valence-electron chi connectivity index (χ3n) is 4.26. The van der Waals surface area contributed by atoms with Crippen LogP contribution in [0.25, 0.3) is 0 Å². The Kier molecular flexibility index (Phi) is 4.23. The minimum atomic E-state index is 0.229. The SMILES string of the molecule is CCCC(=O)c1ccn(Cc2ccn(C3CCCC3)n2)c1. The Morgan fingerprint density at radius 1 is 1.29 bits per heavy atom. The molecule has 4 nitrogen and oxygen atoms in total. The van der Waals surface area contributed by atoms with E-state index in [4.69, 9.17) is 0 Å². The third-order valence-corrected chi connectivity index (χ3v) is 4.26. The quantitative estimate of drug-likeness (QED) is 0.757. The Hall–Kier alpha value is -1.84. The first-order valence-corrected chi connectivity index (χ1v) is 7.99. The van der Waals surface area contributed by atoms with Crippen LogP contribution >= 0.6 is 0 Å². The van der Waals surface area contributed by atoms with Crippen LogP contribution in [-0.4, -0.2) is 20.1 Å². The van der Waals surface area contributed by atoms with Crippen molar-refractivity contribution >= 4 is 5.78 Å². The zero-order chi connectivity index (χ0) is 14.7. The highest BCUT2D eigenvalue weighted by atomic mass is 16.1. The molecule has 0 aromatic carbocycles. The molecule has 0 aliphatic heterocycles. The van der Waals surface area contributed by atoms with Crippen LogP contribution in [-0.2, 0) is 6.54 Å². The highest BCUT2D eigenvalue weighted by Gasteiger charge is 2.17. The highest BCUT2D eigenvalue weighted by Crippen LogP contribution is 2.28. The number of ketones is 1. The van der Waals surface area contributed by atoms with Crippen molar-refractivity contribution in [1.82, 2.24) is 14.3 Å². The van der Waals surface area contributed by atoms with Crippen LogP contribution < -0.4 is 0 Å². The number of hydrogen-bond acceptors (Lipinski definition) is 2. The molecule has 0 amide bonds. The van der Waals surface area contributed by atoms with Gasteiger partial charge in [-0.05, 0) is 31.4 Å². The molecule has 1 fully saturated rings. The predicted molar refractivity (Wildman–Crippen MR) is 82.5 cm³/mol. The van der Waals surface area contributed by atoms with E-state index >= 15 is 0 Å². The summed E-state index contributed by atoms with van der Waals surface area (Å²) in [7, 11) is 0. The Bertz CT molecular complexity index is 605. The topological polar surface area (TPSA) is 39.8 Å². The highest BCUT2D eigenvalue weighted by molar-refractivity contribution is 5.95. The van der Waals surface area contributed by atoms with E-state index in [1.807, 2.05) is 30.0 Å². The van der Waals surface area contributed by atoms with Gasteiger partial charge < -0.3 is 4.57 Å². The van der Waals surface area contributed by atoms with Gasteiger partial charge in [-0.3, -0.25) is 9.48 Å². The zero-order valence-electron chi connectivity index (χ0n) is 12.7. The van der Waals surface area contributed by atoms with Crippen molar-refractivity contribution in [2.24, 2.45) is 0 Å². The van der Waals surface area contributed by atoms with Crippen LogP contribution in [0.1, 0.15) is 67.5 Å². The number of nitrogens with zero attached hydrogens (tertiary/aromatic N) is 3. The molecular weight excluding hydrogens is 262 g/mol. The maximum Gasteiger partial charge on any atom is 0.164 e. The largest absolute Gasteiger partial charge is 0.348 e. The second-order valence-electron chi connectivity index (χ2n) is 5.97. The van der Waals surface area contributed by atoms with Gasteiger partial charge in [-0.15, -0.1) is 0 Å². The molecule has 2 heterocycles. The molecule has 0 saturated heterocycles. The van der Waals surface area contributed by atoms with Crippen LogP contribution in [0, 0.1) is 0 Å². The minimum Gasteiger partial charge on any atom is -0.348 e. The van der Waals surface area contributed by atoms with Crippen LogP contribution in [0.15, 0.2) is 30.7 Å². The van der Waals surface area contributed by atoms with Crippen molar-refractivity contribution < 1.29 is 4.79 Å². The van der Waals surface area contributed by atoms with Gasteiger partial charge in [0.25, 0.3) is 0 Å². The Morgan fingerprint density at radius 3 is 2.86 bits per heavy atom. The summed E-state index contributed by atoms with van der Waals surface area (Å²) in [6.45, 7) is 2.77. The van der Waals surface area contributed by atoms with Crippen LogP contribution in [0.5, 0.6) is 0 Å². The van der Waals surface area contributed by atoms with E-state index in [-0.39, 0.29) is 5.78 Å². The van der Waals surface area contributed by atoms with Gasteiger partial charge in [-0.2, -0.15) is 5.10 Å². The maximum absolute atomic E-state index is 11.9. The van der Waals surface area contributed by atoms with Crippen molar-refractivity contribution in [1.29, 1.82) is 0 Å². The smallest absolute Gasteiger partial charge is 0.164 e. The summed E-state index contributed by atoms with van der Waals surface area (Å²) in [4.78, 5) is 11.9. The molecule has 21 heavy (non-hydrogen) atoms. The van der Waals surface area contributed by atoms with Gasteiger partial charge in [0.1, 0.15) is 0 Å². The van der Waals surface area contributed by atoms with Gasteiger partial charge in [0.15, 0.2) is 5.78 Å². The molecule has 0 spiro atoms. The Morgan fingerprint density at radius 2 is 2.10 bits per heavy atom. The molecule has 0 unspecified atom stereocenters. The maximum atomic E-state index is 11.9. The van der Waals surface area contributed by atoms with Crippen molar-refractivity contribution in [3.8, 4) is 0 Å². The normalized spacial score (nSPS) is 15.7. The van der Waals surface area contributed by atoms with E-state index in [0.717, 1.165) is 24.2 Å². The molecule has 112 valence electrons. The monoisotopic (exact) mass is 285 g/mol. The third kappa shape index (κ3) is 3.26. The molecule has 0 atom stereocenters. The van der Waals surface area contributed by atoms with E-state index in [1.165, 1.54) is 25.7 Å². The Labute approximate surface area is 125 Å².